The van der Waals surface area contributed by atoms with Crippen LogP contribution < -0.4 is 10.6 Å². The quantitative estimate of drug-likeness (QED) is 0.585. The summed E-state index contributed by atoms with van der Waals surface area (Å²) in [6.07, 6.45) is 2.21. The van der Waals surface area contributed by atoms with E-state index in [1.807, 2.05) is 0 Å². The van der Waals surface area contributed by atoms with Crippen LogP contribution in [0.25, 0.3) is 0 Å². The van der Waals surface area contributed by atoms with Gasteiger partial charge < -0.3 is 15.4 Å². The van der Waals surface area contributed by atoms with Gasteiger partial charge in [-0.3, -0.25) is 0 Å². The molecule has 1 fully saturated rings. The minimum atomic E-state index is 0.271. The molecular formula is C19H31N3OS. The third-order valence-electron chi connectivity index (χ3n) is 4.32. The van der Waals surface area contributed by atoms with Crippen molar-refractivity contribution in [3.05, 3.63) is 35.4 Å². The zero-order chi connectivity index (χ0) is 17.3. The number of rotatable bonds is 7. The van der Waals surface area contributed by atoms with Gasteiger partial charge in [-0.1, -0.05) is 36.8 Å². The Morgan fingerprint density at radius 1 is 1.17 bits per heavy atom. The van der Waals surface area contributed by atoms with Gasteiger partial charge in [0.05, 0.1) is 6.54 Å². The van der Waals surface area contributed by atoms with E-state index in [-0.39, 0.29) is 4.75 Å². The molecule has 0 aromatic heterocycles. The van der Waals surface area contributed by atoms with Crippen LogP contribution in [-0.4, -0.2) is 42.8 Å². The zero-order valence-electron chi connectivity index (χ0n) is 15.2. The summed E-state index contributed by atoms with van der Waals surface area (Å²) in [5.74, 6) is 2.04. The zero-order valence-corrected chi connectivity index (χ0v) is 16.0. The van der Waals surface area contributed by atoms with Crippen LogP contribution in [0.2, 0.25) is 0 Å². The molecule has 5 heteroatoms. The Hall–Kier alpha value is -1.20. The summed E-state index contributed by atoms with van der Waals surface area (Å²) in [6, 6.07) is 8.57. The monoisotopic (exact) mass is 349 g/mol. The number of hydrogen-bond donors (Lipinski definition) is 2. The van der Waals surface area contributed by atoms with Gasteiger partial charge in [0.1, 0.15) is 0 Å². The fourth-order valence-corrected chi connectivity index (χ4v) is 4.11. The number of ether oxygens (including phenoxy) is 1. The van der Waals surface area contributed by atoms with E-state index in [2.05, 4.69) is 67.4 Å². The van der Waals surface area contributed by atoms with Crippen molar-refractivity contribution in [2.45, 2.75) is 44.9 Å². The summed E-state index contributed by atoms with van der Waals surface area (Å²) in [4.78, 5) is 4.74. The SMILES string of the molecule is CCNC(=NCc1ccc(C)cc1)NCC1(SCC)CCOCC1. The van der Waals surface area contributed by atoms with Gasteiger partial charge in [-0.15, -0.1) is 0 Å². The molecule has 0 spiro atoms. The van der Waals surface area contributed by atoms with Gasteiger partial charge in [0, 0.05) is 31.1 Å². The third-order valence-corrected chi connectivity index (χ3v) is 5.77. The normalized spacial score (nSPS) is 17.5. The largest absolute Gasteiger partial charge is 0.381 e. The van der Waals surface area contributed by atoms with E-state index in [0.29, 0.717) is 6.54 Å². The van der Waals surface area contributed by atoms with Crippen molar-refractivity contribution in [1.29, 1.82) is 0 Å². The molecule has 2 N–H and O–H groups in total. The molecule has 1 aromatic carbocycles. The average Bonchev–Trinajstić information content (AvgIpc) is 2.60. The Balaban J connectivity index is 1.95. The van der Waals surface area contributed by atoms with Gasteiger partial charge in [-0.25, -0.2) is 4.99 Å². The average molecular weight is 350 g/mol. The van der Waals surface area contributed by atoms with Crippen molar-refractivity contribution in [2.24, 2.45) is 4.99 Å². The number of benzene rings is 1. The fourth-order valence-electron chi connectivity index (χ4n) is 2.87. The first kappa shape index (κ1) is 19.1. The summed E-state index contributed by atoms with van der Waals surface area (Å²) < 4.78 is 5.82. The molecular weight excluding hydrogens is 318 g/mol. The number of aryl methyl sites for hydroxylation is 1. The second-order valence-electron chi connectivity index (χ2n) is 6.26. The first-order chi connectivity index (χ1) is 11.7. The van der Waals surface area contributed by atoms with Crippen LogP contribution in [0.1, 0.15) is 37.8 Å². The Labute approximate surface area is 150 Å². The van der Waals surface area contributed by atoms with Crippen LogP contribution >= 0.6 is 11.8 Å². The van der Waals surface area contributed by atoms with Crippen LogP contribution in [0.4, 0.5) is 0 Å². The molecule has 1 heterocycles. The van der Waals surface area contributed by atoms with Crippen molar-refractivity contribution in [2.75, 3.05) is 32.1 Å². The molecule has 1 aliphatic heterocycles. The molecule has 0 radical (unpaired) electrons. The van der Waals surface area contributed by atoms with E-state index < -0.39 is 0 Å². The molecule has 2 rings (SSSR count). The summed E-state index contributed by atoms with van der Waals surface area (Å²) >= 11 is 2.05. The predicted molar refractivity (Wildman–Crippen MR) is 105 cm³/mol. The Morgan fingerprint density at radius 2 is 1.88 bits per heavy atom. The minimum Gasteiger partial charge on any atom is -0.381 e. The topological polar surface area (TPSA) is 45.7 Å². The fraction of sp³-hybridized carbons (Fsp3) is 0.632. The number of thioether (sulfide) groups is 1. The van der Waals surface area contributed by atoms with Crippen LogP contribution in [0.5, 0.6) is 0 Å². The Bertz CT molecular complexity index is 504. The number of nitrogens with one attached hydrogen (secondary N) is 2. The van der Waals surface area contributed by atoms with Gasteiger partial charge in [0.2, 0.25) is 0 Å². The van der Waals surface area contributed by atoms with Crippen LogP contribution in [0.15, 0.2) is 29.3 Å². The molecule has 1 aromatic rings. The Morgan fingerprint density at radius 3 is 2.50 bits per heavy atom. The Kier molecular flexibility index (Phi) is 7.92. The van der Waals surface area contributed by atoms with Crippen LogP contribution in [0, 0.1) is 6.92 Å². The molecule has 0 atom stereocenters. The lowest BCUT2D eigenvalue weighted by molar-refractivity contribution is 0.0782. The lowest BCUT2D eigenvalue weighted by atomic mass is 9.99. The van der Waals surface area contributed by atoms with Crippen molar-refractivity contribution >= 4 is 17.7 Å². The van der Waals surface area contributed by atoms with Gasteiger partial charge >= 0.3 is 0 Å². The van der Waals surface area contributed by atoms with Gasteiger partial charge in [-0.2, -0.15) is 11.8 Å². The summed E-state index contributed by atoms with van der Waals surface area (Å²) in [6.45, 7) is 10.7. The molecule has 0 unspecified atom stereocenters. The molecule has 0 amide bonds. The van der Waals surface area contributed by atoms with Gasteiger partial charge in [-0.05, 0) is 38.0 Å². The highest BCUT2D eigenvalue weighted by molar-refractivity contribution is 8.00. The summed E-state index contributed by atoms with van der Waals surface area (Å²) in [5.41, 5.74) is 2.52. The molecule has 0 saturated carbocycles. The molecule has 0 aliphatic carbocycles. The lowest BCUT2D eigenvalue weighted by Gasteiger charge is -2.37. The van der Waals surface area contributed by atoms with Crippen molar-refractivity contribution in [3.63, 3.8) is 0 Å². The van der Waals surface area contributed by atoms with E-state index in [1.54, 1.807) is 0 Å². The van der Waals surface area contributed by atoms with Crippen molar-refractivity contribution in [3.8, 4) is 0 Å². The molecule has 0 bridgehead atoms. The van der Waals surface area contributed by atoms with E-state index in [1.165, 1.54) is 11.1 Å². The number of aliphatic imine (C=N–C) groups is 1. The maximum absolute atomic E-state index is 5.55. The lowest BCUT2D eigenvalue weighted by Crippen LogP contribution is -2.48. The second-order valence-corrected chi connectivity index (χ2v) is 7.99. The number of nitrogens with zero attached hydrogens (tertiary/aromatic N) is 1. The number of hydrogen-bond acceptors (Lipinski definition) is 3. The number of guanidine groups is 1. The summed E-state index contributed by atoms with van der Waals surface area (Å²) in [5, 5.41) is 6.92. The second kappa shape index (κ2) is 9.94. The highest BCUT2D eigenvalue weighted by Gasteiger charge is 2.32. The van der Waals surface area contributed by atoms with Crippen LogP contribution in [0.3, 0.4) is 0 Å². The van der Waals surface area contributed by atoms with E-state index >= 15 is 0 Å². The van der Waals surface area contributed by atoms with E-state index in [4.69, 9.17) is 9.73 Å². The minimum absolute atomic E-state index is 0.271. The maximum atomic E-state index is 5.55. The van der Waals surface area contributed by atoms with E-state index in [9.17, 15) is 0 Å². The molecule has 24 heavy (non-hydrogen) atoms. The highest BCUT2D eigenvalue weighted by atomic mass is 32.2. The maximum Gasteiger partial charge on any atom is 0.191 e. The molecule has 4 nitrogen and oxygen atoms in total. The van der Waals surface area contributed by atoms with Gasteiger partial charge in [0.25, 0.3) is 0 Å². The third kappa shape index (κ3) is 6.02. The molecule has 134 valence electrons. The standard InChI is InChI=1S/C19H31N3OS/c1-4-20-18(21-14-17-8-6-16(3)7-9-17)22-15-19(24-5-2)10-12-23-13-11-19/h6-9H,4-5,10-15H2,1-3H3,(H2,20,21,22). The van der Waals surface area contributed by atoms with Crippen molar-refractivity contribution in [1.82, 2.24) is 10.6 Å². The molecule has 1 saturated heterocycles. The highest BCUT2D eigenvalue weighted by Crippen LogP contribution is 2.34. The first-order valence-electron chi connectivity index (χ1n) is 8.97. The predicted octanol–water partition coefficient (Wildman–Crippen LogP) is 3.35. The van der Waals surface area contributed by atoms with E-state index in [0.717, 1.165) is 50.9 Å². The van der Waals surface area contributed by atoms with Crippen molar-refractivity contribution < 1.29 is 4.74 Å². The first-order valence-corrected chi connectivity index (χ1v) is 9.95. The smallest absolute Gasteiger partial charge is 0.191 e. The summed E-state index contributed by atoms with van der Waals surface area (Å²) in [7, 11) is 0. The molecule has 1 aliphatic rings. The van der Waals surface area contributed by atoms with Gasteiger partial charge in [0.15, 0.2) is 5.96 Å². The van der Waals surface area contributed by atoms with Crippen LogP contribution in [-0.2, 0) is 11.3 Å².